The Kier molecular flexibility index (Phi) is 1.82. The highest BCUT2D eigenvalue weighted by Gasteiger charge is 2.29. The quantitative estimate of drug-likeness (QED) is 0.586. The van der Waals surface area contributed by atoms with Gasteiger partial charge in [-0.15, -0.1) is 11.6 Å². The largest absolute Gasteiger partial charge is 0.264 e. The molecule has 0 saturated heterocycles. The zero-order valence-corrected chi connectivity index (χ0v) is 6.96. The molecule has 0 radical (unpaired) electrons. The first-order chi connectivity index (χ1) is 5.38. The molecule has 0 amide bonds. The standard InChI is InChI=1S/C9H10ClN/c10-9-4-3-8(9)7-2-1-5-11-6-7/h1-2,5-6,8-9H,3-4H2. The van der Waals surface area contributed by atoms with Crippen molar-refractivity contribution in [3.05, 3.63) is 30.1 Å². The van der Waals surface area contributed by atoms with Crippen LogP contribution in [-0.4, -0.2) is 10.4 Å². The Balaban J connectivity index is 2.17. The minimum absolute atomic E-state index is 0.346. The third kappa shape index (κ3) is 1.25. The van der Waals surface area contributed by atoms with Crippen molar-refractivity contribution >= 4 is 11.6 Å². The lowest BCUT2D eigenvalue weighted by Crippen LogP contribution is -2.23. The summed E-state index contributed by atoms with van der Waals surface area (Å²) in [4.78, 5) is 4.06. The molecule has 2 unspecified atom stereocenters. The van der Waals surface area contributed by atoms with Crippen LogP contribution < -0.4 is 0 Å². The molecule has 1 aliphatic rings. The van der Waals surface area contributed by atoms with Crippen molar-refractivity contribution in [1.82, 2.24) is 4.98 Å². The van der Waals surface area contributed by atoms with Crippen molar-refractivity contribution in [3.8, 4) is 0 Å². The molecule has 0 spiro atoms. The van der Waals surface area contributed by atoms with Crippen LogP contribution in [0.3, 0.4) is 0 Å². The van der Waals surface area contributed by atoms with E-state index in [4.69, 9.17) is 11.6 Å². The van der Waals surface area contributed by atoms with Crippen molar-refractivity contribution in [2.24, 2.45) is 0 Å². The van der Waals surface area contributed by atoms with Crippen molar-refractivity contribution in [1.29, 1.82) is 0 Å². The average molecular weight is 168 g/mol. The van der Waals surface area contributed by atoms with Gasteiger partial charge in [-0.2, -0.15) is 0 Å². The molecule has 0 aliphatic heterocycles. The summed E-state index contributed by atoms with van der Waals surface area (Å²) in [5.74, 6) is 0.561. The molecule has 0 bridgehead atoms. The molecule has 1 saturated carbocycles. The summed E-state index contributed by atoms with van der Waals surface area (Å²) in [6.45, 7) is 0. The number of hydrogen-bond acceptors (Lipinski definition) is 1. The highest BCUT2D eigenvalue weighted by Crippen LogP contribution is 2.40. The number of halogens is 1. The van der Waals surface area contributed by atoms with Gasteiger partial charge in [-0.25, -0.2) is 0 Å². The van der Waals surface area contributed by atoms with Gasteiger partial charge in [0.05, 0.1) is 0 Å². The SMILES string of the molecule is ClC1CCC1c1cccnc1. The van der Waals surface area contributed by atoms with Crippen LogP contribution in [0.5, 0.6) is 0 Å². The van der Waals surface area contributed by atoms with Crippen LogP contribution in [0, 0.1) is 0 Å². The van der Waals surface area contributed by atoms with E-state index in [1.54, 1.807) is 6.20 Å². The van der Waals surface area contributed by atoms with Gasteiger partial charge < -0.3 is 0 Å². The zero-order chi connectivity index (χ0) is 7.68. The van der Waals surface area contributed by atoms with Gasteiger partial charge in [0, 0.05) is 23.7 Å². The molecule has 1 fully saturated rings. The number of alkyl halides is 1. The number of rotatable bonds is 1. The lowest BCUT2D eigenvalue weighted by atomic mass is 9.80. The Hall–Kier alpha value is -0.560. The van der Waals surface area contributed by atoms with Crippen LogP contribution in [0.1, 0.15) is 24.3 Å². The van der Waals surface area contributed by atoms with Gasteiger partial charge in [0.2, 0.25) is 0 Å². The van der Waals surface area contributed by atoms with Crippen LogP contribution in [0.4, 0.5) is 0 Å². The van der Waals surface area contributed by atoms with E-state index in [0.717, 1.165) is 6.42 Å². The first-order valence-electron chi connectivity index (χ1n) is 3.92. The molecule has 2 atom stereocenters. The molecular formula is C9H10ClN. The van der Waals surface area contributed by atoms with Gasteiger partial charge in [-0.1, -0.05) is 6.07 Å². The van der Waals surface area contributed by atoms with Gasteiger partial charge >= 0.3 is 0 Å². The Morgan fingerprint density at radius 2 is 2.36 bits per heavy atom. The molecule has 1 aromatic rings. The highest BCUT2D eigenvalue weighted by molar-refractivity contribution is 6.21. The van der Waals surface area contributed by atoms with Gasteiger partial charge in [0.25, 0.3) is 0 Å². The van der Waals surface area contributed by atoms with Crippen LogP contribution in [-0.2, 0) is 0 Å². The molecule has 11 heavy (non-hydrogen) atoms. The average Bonchev–Trinajstić information content (AvgIpc) is 2.04. The van der Waals surface area contributed by atoms with E-state index in [9.17, 15) is 0 Å². The van der Waals surface area contributed by atoms with Crippen molar-refractivity contribution in [3.63, 3.8) is 0 Å². The number of aromatic nitrogens is 1. The van der Waals surface area contributed by atoms with Crippen LogP contribution >= 0.6 is 11.6 Å². The van der Waals surface area contributed by atoms with E-state index in [1.807, 2.05) is 12.3 Å². The molecule has 2 rings (SSSR count). The molecule has 1 aromatic heterocycles. The third-order valence-electron chi connectivity index (χ3n) is 2.30. The van der Waals surface area contributed by atoms with Crippen LogP contribution in [0.15, 0.2) is 24.5 Å². The molecule has 1 aliphatic carbocycles. The molecule has 1 heterocycles. The minimum atomic E-state index is 0.346. The van der Waals surface area contributed by atoms with E-state index in [0.29, 0.717) is 11.3 Å². The topological polar surface area (TPSA) is 12.9 Å². The zero-order valence-electron chi connectivity index (χ0n) is 6.20. The van der Waals surface area contributed by atoms with Gasteiger partial charge in [0.1, 0.15) is 0 Å². The van der Waals surface area contributed by atoms with Crippen LogP contribution in [0.25, 0.3) is 0 Å². The number of pyridine rings is 1. The summed E-state index contributed by atoms with van der Waals surface area (Å²) in [7, 11) is 0. The van der Waals surface area contributed by atoms with Gasteiger partial charge in [-0.3, -0.25) is 4.98 Å². The van der Waals surface area contributed by atoms with E-state index >= 15 is 0 Å². The minimum Gasteiger partial charge on any atom is -0.264 e. The highest BCUT2D eigenvalue weighted by atomic mass is 35.5. The van der Waals surface area contributed by atoms with Gasteiger partial charge in [-0.05, 0) is 24.5 Å². The summed E-state index contributed by atoms with van der Waals surface area (Å²) in [5.41, 5.74) is 1.29. The second-order valence-corrected chi connectivity index (χ2v) is 3.55. The van der Waals surface area contributed by atoms with E-state index in [1.165, 1.54) is 12.0 Å². The van der Waals surface area contributed by atoms with Crippen LogP contribution in [0.2, 0.25) is 0 Å². The summed E-state index contributed by atoms with van der Waals surface area (Å²) < 4.78 is 0. The normalized spacial score (nSPS) is 29.5. The fraction of sp³-hybridized carbons (Fsp3) is 0.444. The third-order valence-corrected chi connectivity index (χ3v) is 2.82. The summed E-state index contributed by atoms with van der Waals surface area (Å²) in [6.07, 6.45) is 6.09. The number of hydrogen-bond donors (Lipinski definition) is 0. The van der Waals surface area contributed by atoms with Crippen molar-refractivity contribution in [2.45, 2.75) is 24.1 Å². The Morgan fingerprint density at radius 1 is 1.45 bits per heavy atom. The molecule has 0 N–H and O–H groups in total. The Bertz CT molecular complexity index is 235. The second kappa shape index (κ2) is 2.82. The maximum absolute atomic E-state index is 6.02. The Morgan fingerprint density at radius 3 is 2.82 bits per heavy atom. The summed E-state index contributed by atoms with van der Waals surface area (Å²) in [6, 6.07) is 4.07. The smallest absolute Gasteiger partial charge is 0.0405 e. The summed E-state index contributed by atoms with van der Waals surface area (Å²) >= 11 is 6.02. The second-order valence-electron chi connectivity index (χ2n) is 2.99. The van der Waals surface area contributed by atoms with E-state index in [2.05, 4.69) is 11.1 Å². The fourth-order valence-corrected chi connectivity index (χ4v) is 1.83. The molecule has 2 heteroatoms. The first kappa shape index (κ1) is 7.11. The van der Waals surface area contributed by atoms with E-state index in [-0.39, 0.29) is 0 Å². The Labute approximate surface area is 71.4 Å². The predicted octanol–water partition coefficient (Wildman–Crippen LogP) is 2.57. The molecular weight excluding hydrogens is 158 g/mol. The fourth-order valence-electron chi connectivity index (χ4n) is 1.43. The first-order valence-corrected chi connectivity index (χ1v) is 4.35. The van der Waals surface area contributed by atoms with Crippen molar-refractivity contribution < 1.29 is 0 Å². The van der Waals surface area contributed by atoms with Crippen molar-refractivity contribution in [2.75, 3.05) is 0 Å². The lowest BCUT2D eigenvalue weighted by Gasteiger charge is -2.31. The predicted molar refractivity (Wildman–Crippen MR) is 45.9 cm³/mol. The summed E-state index contributed by atoms with van der Waals surface area (Å²) in [5, 5.41) is 0.346. The molecule has 58 valence electrons. The van der Waals surface area contributed by atoms with E-state index < -0.39 is 0 Å². The van der Waals surface area contributed by atoms with Gasteiger partial charge in [0.15, 0.2) is 0 Å². The monoisotopic (exact) mass is 167 g/mol. The maximum Gasteiger partial charge on any atom is 0.0405 e. The molecule has 1 nitrogen and oxygen atoms in total. The maximum atomic E-state index is 6.02. The molecule has 0 aromatic carbocycles. The lowest BCUT2D eigenvalue weighted by molar-refractivity contribution is 0.428. The number of nitrogens with zero attached hydrogens (tertiary/aromatic N) is 1.